The topological polar surface area (TPSA) is 78.4 Å². The fourth-order valence-electron chi connectivity index (χ4n) is 4.83. The molecule has 1 aromatic carbocycles. The molecule has 5 nitrogen and oxygen atoms in total. The Kier molecular flexibility index (Phi) is 4.41. The molecule has 0 heterocycles. The van der Waals surface area contributed by atoms with Gasteiger partial charge in [-0.15, -0.1) is 0 Å². The highest BCUT2D eigenvalue weighted by molar-refractivity contribution is 7.87. The summed E-state index contributed by atoms with van der Waals surface area (Å²) in [5.41, 5.74) is 2.74. The third-order valence-corrected chi connectivity index (χ3v) is 7.28. The van der Waals surface area contributed by atoms with Crippen LogP contribution in [0.15, 0.2) is 24.3 Å². The van der Waals surface area contributed by atoms with Crippen molar-refractivity contribution in [2.45, 2.75) is 63.1 Å². The summed E-state index contributed by atoms with van der Waals surface area (Å²) < 4.78 is 30.7. The van der Waals surface area contributed by atoms with Gasteiger partial charge in [-0.1, -0.05) is 24.3 Å². The average Bonchev–Trinajstić information content (AvgIpc) is 3.02. The van der Waals surface area contributed by atoms with Crippen LogP contribution in [-0.4, -0.2) is 31.7 Å². The van der Waals surface area contributed by atoms with E-state index in [2.05, 4.69) is 33.7 Å². The Labute approximate surface area is 144 Å². The quantitative estimate of drug-likeness (QED) is 0.770. The lowest BCUT2D eigenvalue weighted by atomic mass is 9.94. The second kappa shape index (κ2) is 6.41. The van der Waals surface area contributed by atoms with Crippen LogP contribution in [0.25, 0.3) is 0 Å². The Morgan fingerprint density at radius 3 is 2.08 bits per heavy atom. The summed E-state index contributed by atoms with van der Waals surface area (Å²) in [6, 6.07) is 8.14. The molecule has 132 valence electrons. The van der Waals surface area contributed by atoms with E-state index in [9.17, 15) is 13.5 Å². The summed E-state index contributed by atoms with van der Waals surface area (Å²) >= 11 is 0. The Morgan fingerprint density at radius 1 is 0.917 bits per heavy atom. The van der Waals surface area contributed by atoms with Crippen molar-refractivity contribution in [3.63, 3.8) is 0 Å². The first kappa shape index (κ1) is 16.5. The maximum absolute atomic E-state index is 12.6. The molecule has 24 heavy (non-hydrogen) atoms. The van der Waals surface area contributed by atoms with Crippen LogP contribution >= 0.6 is 0 Å². The van der Waals surface area contributed by atoms with Crippen LogP contribution < -0.4 is 9.44 Å². The fourth-order valence-corrected chi connectivity index (χ4v) is 6.32. The summed E-state index contributed by atoms with van der Waals surface area (Å²) in [4.78, 5) is 0. The first-order valence-electron chi connectivity index (χ1n) is 9.06. The third-order valence-electron chi connectivity index (χ3n) is 6.08. The van der Waals surface area contributed by atoms with Crippen molar-refractivity contribution in [3.8, 4) is 0 Å². The number of fused-ring (bicyclic) bond motifs is 3. The van der Waals surface area contributed by atoms with Crippen LogP contribution in [0.2, 0.25) is 0 Å². The van der Waals surface area contributed by atoms with Gasteiger partial charge in [-0.2, -0.15) is 17.9 Å². The smallest absolute Gasteiger partial charge is 0.277 e. The summed E-state index contributed by atoms with van der Waals surface area (Å²) in [5.74, 6) is 0.729. The molecule has 0 aromatic heterocycles. The van der Waals surface area contributed by atoms with Gasteiger partial charge in [-0.05, 0) is 67.9 Å². The minimum Gasteiger partial charge on any atom is -0.391 e. The van der Waals surface area contributed by atoms with Crippen LogP contribution in [0.3, 0.4) is 0 Å². The minimum absolute atomic E-state index is 0.00607. The lowest BCUT2D eigenvalue weighted by molar-refractivity contribution is 0.158. The minimum atomic E-state index is -3.59. The van der Waals surface area contributed by atoms with Gasteiger partial charge in [0.05, 0.1) is 6.10 Å². The van der Waals surface area contributed by atoms with Gasteiger partial charge < -0.3 is 5.11 Å². The Balaban J connectivity index is 1.49. The molecule has 1 aromatic rings. The molecule has 4 atom stereocenters. The van der Waals surface area contributed by atoms with Gasteiger partial charge >= 0.3 is 0 Å². The van der Waals surface area contributed by atoms with Crippen molar-refractivity contribution in [2.24, 2.45) is 11.8 Å². The standard InChI is InChI=1S/C18H26N2O3S/c21-17-7-3-6-16(17)19-24(22,23)20-18-14-8-9-15(18)11-13-5-2-1-4-12(13)10-14/h1-2,4-5,14-21H,3,6-11H2/t14?,15?,16-,17+,18?/m1/s1. The largest absolute Gasteiger partial charge is 0.391 e. The van der Waals surface area contributed by atoms with Gasteiger partial charge in [-0.3, -0.25) is 0 Å². The van der Waals surface area contributed by atoms with Crippen molar-refractivity contribution >= 4 is 10.2 Å². The molecule has 4 rings (SSSR count). The van der Waals surface area contributed by atoms with E-state index in [-0.39, 0.29) is 12.1 Å². The zero-order valence-electron chi connectivity index (χ0n) is 13.8. The Hall–Kier alpha value is -0.950. The predicted molar refractivity (Wildman–Crippen MR) is 92.7 cm³/mol. The lowest BCUT2D eigenvalue weighted by Crippen LogP contribution is -2.51. The van der Waals surface area contributed by atoms with Crippen LogP contribution in [0.1, 0.15) is 43.2 Å². The average molecular weight is 350 g/mol. The molecule has 3 aliphatic carbocycles. The summed E-state index contributed by atoms with van der Waals surface area (Å²) in [7, 11) is -3.59. The van der Waals surface area contributed by atoms with E-state index < -0.39 is 16.3 Å². The maximum Gasteiger partial charge on any atom is 0.277 e. The summed E-state index contributed by atoms with van der Waals surface area (Å²) in [6.45, 7) is 0. The molecule has 6 heteroatoms. The highest BCUT2D eigenvalue weighted by Gasteiger charge is 2.41. The normalized spacial score (nSPS) is 35.6. The lowest BCUT2D eigenvalue weighted by Gasteiger charge is -2.25. The maximum atomic E-state index is 12.6. The van der Waals surface area contributed by atoms with E-state index in [1.165, 1.54) is 11.1 Å². The fraction of sp³-hybridized carbons (Fsp3) is 0.667. The second-order valence-corrected chi connectivity index (χ2v) is 9.12. The first-order valence-corrected chi connectivity index (χ1v) is 10.5. The van der Waals surface area contributed by atoms with E-state index >= 15 is 0 Å². The molecule has 0 aliphatic heterocycles. The van der Waals surface area contributed by atoms with Crippen molar-refractivity contribution < 1.29 is 13.5 Å². The number of aliphatic hydroxyl groups is 1. The third kappa shape index (κ3) is 3.25. The molecule has 0 spiro atoms. The zero-order valence-corrected chi connectivity index (χ0v) is 14.6. The van der Waals surface area contributed by atoms with Crippen LogP contribution in [0.4, 0.5) is 0 Å². The molecule has 0 radical (unpaired) electrons. The number of hydrogen-bond donors (Lipinski definition) is 3. The molecular formula is C18H26N2O3S. The predicted octanol–water partition coefficient (Wildman–Crippen LogP) is 1.52. The molecule has 2 unspecified atom stereocenters. The monoisotopic (exact) mass is 350 g/mol. The SMILES string of the molecule is O=S(=O)(NC1C2CCC1Cc1ccccc1C2)N[C@@H]1CCC[C@@H]1O. The number of aliphatic hydroxyl groups excluding tert-OH is 1. The molecule has 0 amide bonds. The van der Waals surface area contributed by atoms with E-state index in [0.717, 1.165) is 32.1 Å². The molecule has 2 bridgehead atoms. The van der Waals surface area contributed by atoms with Crippen molar-refractivity contribution in [3.05, 3.63) is 35.4 Å². The summed E-state index contributed by atoms with van der Waals surface area (Å²) in [5, 5.41) is 9.88. The van der Waals surface area contributed by atoms with Crippen LogP contribution in [0, 0.1) is 11.8 Å². The van der Waals surface area contributed by atoms with E-state index in [0.29, 0.717) is 24.7 Å². The van der Waals surface area contributed by atoms with Gasteiger partial charge in [0.1, 0.15) is 0 Å². The molecule has 3 N–H and O–H groups in total. The number of nitrogens with one attached hydrogen (secondary N) is 2. The van der Waals surface area contributed by atoms with Crippen molar-refractivity contribution in [1.82, 2.24) is 9.44 Å². The number of benzene rings is 1. The first-order chi connectivity index (χ1) is 11.5. The molecular weight excluding hydrogens is 324 g/mol. The number of rotatable bonds is 4. The van der Waals surface area contributed by atoms with Gasteiger partial charge in [0.2, 0.25) is 0 Å². The summed E-state index contributed by atoms with van der Waals surface area (Å²) in [6.07, 6.45) is 5.77. The number of hydrogen-bond acceptors (Lipinski definition) is 3. The van der Waals surface area contributed by atoms with E-state index in [1.54, 1.807) is 0 Å². The highest BCUT2D eigenvalue weighted by atomic mass is 32.2. The molecule has 2 saturated carbocycles. The van der Waals surface area contributed by atoms with Gasteiger partial charge in [0, 0.05) is 12.1 Å². The van der Waals surface area contributed by atoms with Gasteiger partial charge in [0.15, 0.2) is 0 Å². The molecule has 3 aliphatic rings. The van der Waals surface area contributed by atoms with Crippen molar-refractivity contribution in [2.75, 3.05) is 0 Å². The molecule has 0 saturated heterocycles. The molecule has 2 fully saturated rings. The van der Waals surface area contributed by atoms with Crippen LogP contribution in [0.5, 0.6) is 0 Å². The van der Waals surface area contributed by atoms with E-state index in [4.69, 9.17) is 0 Å². The highest BCUT2D eigenvalue weighted by Crippen LogP contribution is 2.40. The van der Waals surface area contributed by atoms with Crippen molar-refractivity contribution in [1.29, 1.82) is 0 Å². The Morgan fingerprint density at radius 2 is 1.54 bits per heavy atom. The van der Waals surface area contributed by atoms with Crippen LogP contribution in [-0.2, 0) is 23.1 Å². The van der Waals surface area contributed by atoms with Gasteiger partial charge in [-0.25, -0.2) is 0 Å². The van der Waals surface area contributed by atoms with E-state index in [1.807, 2.05) is 0 Å². The zero-order chi connectivity index (χ0) is 16.7. The van der Waals surface area contributed by atoms with Gasteiger partial charge in [0.25, 0.3) is 10.2 Å². The second-order valence-electron chi connectivity index (χ2n) is 7.64. The Bertz CT molecular complexity index is 673.